The molecule has 7 heteroatoms. The molecule has 1 heterocycles. The van der Waals surface area contributed by atoms with Crippen LogP contribution in [0.25, 0.3) is 0 Å². The summed E-state index contributed by atoms with van der Waals surface area (Å²) in [4.78, 5) is 23.3. The van der Waals surface area contributed by atoms with Crippen LogP contribution in [0.4, 0.5) is 10.7 Å². The lowest BCUT2D eigenvalue weighted by Gasteiger charge is -2.04. The van der Waals surface area contributed by atoms with Gasteiger partial charge < -0.3 is 14.5 Å². The summed E-state index contributed by atoms with van der Waals surface area (Å²) < 4.78 is 10.1. The van der Waals surface area contributed by atoms with Gasteiger partial charge in [-0.1, -0.05) is 6.92 Å². The molecule has 1 aromatic heterocycles. The molecule has 0 aliphatic carbocycles. The number of urea groups is 1. The Morgan fingerprint density at radius 1 is 1.40 bits per heavy atom. The molecule has 0 spiro atoms. The van der Waals surface area contributed by atoms with Crippen LogP contribution >= 0.6 is 0 Å². The van der Waals surface area contributed by atoms with E-state index in [1.165, 1.54) is 6.92 Å². The van der Waals surface area contributed by atoms with Crippen LogP contribution in [0.15, 0.2) is 4.42 Å². The van der Waals surface area contributed by atoms with Gasteiger partial charge in [-0.3, -0.25) is 5.32 Å². The Balaban J connectivity index is 2.99. The van der Waals surface area contributed by atoms with Gasteiger partial charge in [-0.15, -0.1) is 0 Å². The van der Waals surface area contributed by atoms with E-state index in [1.54, 1.807) is 6.92 Å². The minimum atomic E-state index is -0.646. The summed E-state index contributed by atoms with van der Waals surface area (Å²) in [6.45, 7) is 5.79. The van der Waals surface area contributed by atoms with Crippen molar-refractivity contribution >= 4 is 17.9 Å². The fourth-order valence-electron chi connectivity index (χ4n) is 1.57. The number of amides is 2. The van der Waals surface area contributed by atoms with Crippen molar-refractivity contribution in [3.05, 3.63) is 16.9 Å². The zero-order chi connectivity index (χ0) is 15.1. The first-order valence-electron chi connectivity index (χ1n) is 6.30. The zero-order valence-corrected chi connectivity index (χ0v) is 11.7. The second-order valence-corrected chi connectivity index (χ2v) is 3.95. The maximum atomic E-state index is 11.8. The van der Waals surface area contributed by atoms with Gasteiger partial charge in [0, 0.05) is 6.54 Å². The summed E-state index contributed by atoms with van der Waals surface area (Å²) >= 11 is 0. The molecule has 2 amide bonds. The standard InChI is InChI=1S/C13H17N3O4/c1-4-6-15-13(18)16-11-9(7-14)10(8(3)20-11)12(17)19-5-2/h4-6H2,1-3H3,(H2,15,16,18). The van der Waals surface area contributed by atoms with Crippen molar-refractivity contribution in [3.63, 3.8) is 0 Å². The van der Waals surface area contributed by atoms with Gasteiger partial charge in [-0.2, -0.15) is 5.26 Å². The summed E-state index contributed by atoms with van der Waals surface area (Å²) in [6, 6.07) is 1.36. The molecule has 0 aromatic carbocycles. The molecule has 0 bridgehead atoms. The van der Waals surface area contributed by atoms with E-state index in [4.69, 9.17) is 14.4 Å². The summed E-state index contributed by atoms with van der Waals surface area (Å²) in [7, 11) is 0. The molecule has 0 unspecified atom stereocenters. The van der Waals surface area contributed by atoms with Gasteiger partial charge in [0.25, 0.3) is 0 Å². The van der Waals surface area contributed by atoms with Gasteiger partial charge in [0.1, 0.15) is 23.0 Å². The lowest BCUT2D eigenvalue weighted by Crippen LogP contribution is -2.29. The van der Waals surface area contributed by atoms with Crippen molar-refractivity contribution in [3.8, 4) is 6.07 Å². The van der Waals surface area contributed by atoms with E-state index in [-0.39, 0.29) is 29.4 Å². The van der Waals surface area contributed by atoms with Crippen molar-refractivity contribution in [1.82, 2.24) is 5.32 Å². The maximum absolute atomic E-state index is 11.8. The second kappa shape index (κ2) is 7.19. The molecule has 1 aromatic rings. The number of rotatable bonds is 5. The van der Waals surface area contributed by atoms with Crippen molar-refractivity contribution in [1.29, 1.82) is 5.26 Å². The average molecular weight is 279 g/mol. The van der Waals surface area contributed by atoms with E-state index in [9.17, 15) is 9.59 Å². The van der Waals surface area contributed by atoms with Crippen LogP contribution in [0.1, 0.15) is 41.9 Å². The summed E-state index contributed by atoms with van der Waals surface area (Å²) in [5.74, 6) is -0.472. The third kappa shape index (κ3) is 3.51. The topological polar surface area (TPSA) is 104 Å². The molecule has 2 N–H and O–H groups in total. The number of nitrogens with one attached hydrogen (secondary N) is 2. The fraction of sp³-hybridized carbons (Fsp3) is 0.462. The quantitative estimate of drug-likeness (QED) is 0.804. The van der Waals surface area contributed by atoms with Crippen molar-refractivity contribution in [2.45, 2.75) is 27.2 Å². The van der Waals surface area contributed by atoms with Gasteiger partial charge in [0.2, 0.25) is 5.88 Å². The molecule has 0 aliphatic heterocycles. The van der Waals surface area contributed by atoms with Crippen molar-refractivity contribution in [2.75, 3.05) is 18.5 Å². The maximum Gasteiger partial charge on any atom is 0.343 e. The Morgan fingerprint density at radius 2 is 2.10 bits per heavy atom. The molecule has 0 atom stereocenters. The lowest BCUT2D eigenvalue weighted by atomic mass is 10.1. The van der Waals surface area contributed by atoms with Crippen molar-refractivity contribution in [2.24, 2.45) is 0 Å². The Morgan fingerprint density at radius 3 is 2.65 bits per heavy atom. The Labute approximate surface area is 116 Å². The van der Waals surface area contributed by atoms with E-state index in [0.29, 0.717) is 6.54 Å². The summed E-state index contributed by atoms with van der Waals surface area (Å²) in [5.41, 5.74) is 0.00717. The van der Waals surface area contributed by atoms with Gasteiger partial charge in [-0.05, 0) is 20.3 Å². The first-order chi connectivity index (χ1) is 9.54. The molecule has 0 saturated heterocycles. The minimum Gasteiger partial charge on any atom is -0.462 e. The highest BCUT2D eigenvalue weighted by Gasteiger charge is 2.25. The monoisotopic (exact) mass is 279 g/mol. The Kier molecular flexibility index (Phi) is 5.59. The van der Waals surface area contributed by atoms with E-state index < -0.39 is 12.0 Å². The number of aryl methyl sites for hydroxylation is 1. The number of nitrogens with zero attached hydrogens (tertiary/aromatic N) is 1. The fourth-order valence-corrected chi connectivity index (χ4v) is 1.57. The first-order valence-corrected chi connectivity index (χ1v) is 6.30. The van der Waals surface area contributed by atoms with E-state index in [2.05, 4.69) is 10.6 Å². The minimum absolute atomic E-state index is 0.0346. The third-order valence-electron chi connectivity index (χ3n) is 2.44. The summed E-state index contributed by atoms with van der Waals surface area (Å²) in [5, 5.41) is 14.1. The first kappa shape index (κ1) is 15.6. The van der Waals surface area contributed by atoms with E-state index in [1.807, 2.05) is 13.0 Å². The molecule has 7 nitrogen and oxygen atoms in total. The highest BCUT2D eigenvalue weighted by Crippen LogP contribution is 2.27. The predicted octanol–water partition coefficient (Wildman–Crippen LogP) is 2.17. The van der Waals surface area contributed by atoms with Gasteiger partial charge in [-0.25, -0.2) is 9.59 Å². The number of carbonyl (C=O) groups excluding carboxylic acids is 2. The number of carbonyl (C=O) groups is 2. The lowest BCUT2D eigenvalue weighted by molar-refractivity contribution is 0.0524. The molecular formula is C13H17N3O4. The third-order valence-corrected chi connectivity index (χ3v) is 2.44. The van der Waals surface area contributed by atoms with Crippen LogP contribution in [-0.4, -0.2) is 25.2 Å². The molecule has 1 rings (SSSR count). The van der Waals surface area contributed by atoms with Crippen molar-refractivity contribution < 1.29 is 18.7 Å². The number of hydrogen-bond acceptors (Lipinski definition) is 5. The molecule has 0 aliphatic rings. The normalized spacial score (nSPS) is 9.70. The number of anilines is 1. The van der Waals surface area contributed by atoms with E-state index >= 15 is 0 Å². The van der Waals surface area contributed by atoms with Gasteiger partial charge >= 0.3 is 12.0 Å². The van der Waals surface area contributed by atoms with Crippen LogP contribution in [0.2, 0.25) is 0 Å². The molecule has 20 heavy (non-hydrogen) atoms. The molecular weight excluding hydrogens is 262 g/mol. The second-order valence-electron chi connectivity index (χ2n) is 3.95. The van der Waals surface area contributed by atoms with E-state index in [0.717, 1.165) is 6.42 Å². The average Bonchev–Trinajstić information content (AvgIpc) is 2.72. The van der Waals surface area contributed by atoms with Crippen LogP contribution in [0.5, 0.6) is 0 Å². The smallest absolute Gasteiger partial charge is 0.343 e. The SMILES string of the molecule is CCCNC(=O)Nc1oc(C)c(C(=O)OCC)c1C#N. The number of esters is 1. The Hall–Kier alpha value is -2.49. The zero-order valence-electron chi connectivity index (χ0n) is 11.7. The predicted molar refractivity (Wildman–Crippen MR) is 71.4 cm³/mol. The van der Waals surface area contributed by atoms with Gasteiger partial charge in [0.15, 0.2) is 0 Å². The van der Waals surface area contributed by atoms with Crippen LogP contribution in [0.3, 0.4) is 0 Å². The van der Waals surface area contributed by atoms with Crippen LogP contribution in [0, 0.1) is 18.3 Å². The number of nitriles is 1. The largest absolute Gasteiger partial charge is 0.462 e. The highest BCUT2D eigenvalue weighted by molar-refractivity contribution is 5.97. The Bertz CT molecular complexity index is 543. The molecule has 108 valence electrons. The number of furan rings is 1. The molecule has 0 radical (unpaired) electrons. The molecule has 0 saturated carbocycles. The summed E-state index contributed by atoms with van der Waals surface area (Å²) in [6.07, 6.45) is 0.782. The van der Waals surface area contributed by atoms with Crippen LogP contribution in [-0.2, 0) is 4.74 Å². The highest BCUT2D eigenvalue weighted by atomic mass is 16.5. The molecule has 0 fully saturated rings. The van der Waals surface area contributed by atoms with Crippen LogP contribution < -0.4 is 10.6 Å². The number of hydrogen-bond donors (Lipinski definition) is 2. The number of ether oxygens (including phenoxy) is 1. The van der Waals surface area contributed by atoms with Gasteiger partial charge in [0.05, 0.1) is 6.61 Å².